The van der Waals surface area contributed by atoms with Crippen molar-refractivity contribution in [3.05, 3.63) is 29.8 Å². The molecule has 0 atom stereocenters. The fourth-order valence-electron chi connectivity index (χ4n) is 2.84. The molecule has 0 unspecified atom stereocenters. The fourth-order valence-corrected chi connectivity index (χ4v) is 2.84. The lowest BCUT2D eigenvalue weighted by atomic mass is 10.0. The van der Waals surface area contributed by atoms with Crippen molar-refractivity contribution in [1.29, 1.82) is 0 Å². The van der Waals surface area contributed by atoms with Gasteiger partial charge in [-0.3, -0.25) is 14.5 Å². The third-order valence-corrected chi connectivity index (χ3v) is 4.61. The number of anilines is 1. The van der Waals surface area contributed by atoms with Gasteiger partial charge in [-0.1, -0.05) is 0 Å². The highest BCUT2D eigenvalue weighted by Gasteiger charge is 2.22. The molecular weight excluding hydrogens is 304 g/mol. The van der Waals surface area contributed by atoms with Crippen molar-refractivity contribution in [1.82, 2.24) is 15.5 Å². The molecule has 0 spiro atoms. The molecule has 1 aliphatic rings. The highest BCUT2D eigenvalue weighted by atomic mass is 16.2. The first-order valence-electron chi connectivity index (χ1n) is 8.58. The molecule has 1 heterocycles. The molecule has 0 bridgehead atoms. The van der Waals surface area contributed by atoms with E-state index in [1.54, 1.807) is 7.05 Å². The van der Waals surface area contributed by atoms with Gasteiger partial charge in [0.25, 0.3) is 5.91 Å². The van der Waals surface area contributed by atoms with Gasteiger partial charge in [0.2, 0.25) is 5.91 Å². The summed E-state index contributed by atoms with van der Waals surface area (Å²) in [6, 6.07) is 7.88. The van der Waals surface area contributed by atoms with Gasteiger partial charge in [-0.2, -0.15) is 0 Å². The zero-order chi connectivity index (χ0) is 17.5. The molecule has 2 N–H and O–H groups in total. The van der Waals surface area contributed by atoms with Crippen LogP contribution in [0.3, 0.4) is 0 Å². The lowest BCUT2D eigenvalue weighted by Gasteiger charge is -2.31. The van der Waals surface area contributed by atoms with Crippen LogP contribution in [-0.2, 0) is 4.79 Å². The van der Waals surface area contributed by atoms with Gasteiger partial charge >= 0.3 is 0 Å². The first-order valence-corrected chi connectivity index (χ1v) is 8.58. The van der Waals surface area contributed by atoms with Gasteiger partial charge in [0, 0.05) is 51.0 Å². The summed E-state index contributed by atoms with van der Waals surface area (Å²) >= 11 is 0. The van der Waals surface area contributed by atoms with Crippen LogP contribution in [0.5, 0.6) is 0 Å². The van der Waals surface area contributed by atoms with Crippen molar-refractivity contribution in [2.45, 2.75) is 25.8 Å². The average molecular weight is 332 g/mol. The minimum atomic E-state index is -0.0227. The number of hydrogen-bond donors (Lipinski definition) is 2. The lowest BCUT2D eigenvalue weighted by Crippen LogP contribution is -2.47. The SMILES string of the molecule is CCN(C)c1ccc(C(=O)NC2CCN(CC(=O)NC)CC2)cc1. The van der Waals surface area contributed by atoms with Crippen LogP contribution in [0.2, 0.25) is 0 Å². The minimum absolute atomic E-state index is 0.0227. The number of likely N-dealkylation sites (tertiary alicyclic amines) is 1. The zero-order valence-electron chi connectivity index (χ0n) is 14.8. The van der Waals surface area contributed by atoms with E-state index in [-0.39, 0.29) is 17.9 Å². The molecule has 1 aliphatic heterocycles. The number of hydrogen-bond acceptors (Lipinski definition) is 4. The predicted octanol–water partition coefficient (Wildman–Crippen LogP) is 1.08. The maximum atomic E-state index is 12.4. The third-order valence-electron chi connectivity index (χ3n) is 4.61. The van der Waals surface area contributed by atoms with Gasteiger partial charge in [-0.05, 0) is 44.0 Å². The highest BCUT2D eigenvalue weighted by molar-refractivity contribution is 5.94. The second-order valence-electron chi connectivity index (χ2n) is 6.26. The van der Waals surface area contributed by atoms with E-state index in [1.165, 1.54) is 0 Å². The first-order chi connectivity index (χ1) is 11.5. The van der Waals surface area contributed by atoms with Crippen LogP contribution >= 0.6 is 0 Å². The zero-order valence-corrected chi connectivity index (χ0v) is 14.8. The summed E-state index contributed by atoms with van der Waals surface area (Å²) in [6.45, 7) is 5.12. The number of piperidine rings is 1. The van der Waals surface area contributed by atoms with E-state index in [1.807, 2.05) is 31.3 Å². The number of nitrogens with zero attached hydrogens (tertiary/aromatic N) is 2. The Bertz CT molecular complexity index is 551. The van der Waals surface area contributed by atoms with Crippen LogP contribution in [0.15, 0.2) is 24.3 Å². The molecule has 6 nitrogen and oxygen atoms in total. The maximum Gasteiger partial charge on any atom is 0.251 e. The normalized spacial score (nSPS) is 15.8. The van der Waals surface area contributed by atoms with Crippen molar-refractivity contribution in [2.24, 2.45) is 0 Å². The Kier molecular flexibility index (Phi) is 6.61. The number of benzene rings is 1. The molecule has 1 aromatic rings. The maximum absolute atomic E-state index is 12.4. The Morgan fingerprint density at radius 3 is 2.38 bits per heavy atom. The highest BCUT2D eigenvalue weighted by Crippen LogP contribution is 2.15. The van der Waals surface area contributed by atoms with Gasteiger partial charge in [0.15, 0.2) is 0 Å². The second kappa shape index (κ2) is 8.68. The Morgan fingerprint density at radius 1 is 1.21 bits per heavy atom. The van der Waals surface area contributed by atoms with Gasteiger partial charge in [0.05, 0.1) is 6.54 Å². The number of likely N-dealkylation sites (N-methyl/N-ethyl adjacent to an activating group) is 1. The number of amides is 2. The largest absolute Gasteiger partial charge is 0.375 e. The van der Waals surface area contributed by atoms with E-state index in [4.69, 9.17) is 0 Å². The van der Waals surface area contributed by atoms with E-state index in [9.17, 15) is 9.59 Å². The van der Waals surface area contributed by atoms with Gasteiger partial charge in [-0.25, -0.2) is 0 Å². The Labute approximate surface area is 144 Å². The van der Waals surface area contributed by atoms with E-state index < -0.39 is 0 Å². The predicted molar refractivity (Wildman–Crippen MR) is 96.4 cm³/mol. The van der Waals surface area contributed by atoms with Gasteiger partial charge in [-0.15, -0.1) is 0 Å². The molecule has 0 aromatic heterocycles. The van der Waals surface area contributed by atoms with E-state index in [0.717, 1.165) is 38.2 Å². The molecule has 24 heavy (non-hydrogen) atoms. The van der Waals surface area contributed by atoms with Crippen LogP contribution in [0.4, 0.5) is 5.69 Å². The molecule has 1 fully saturated rings. The minimum Gasteiger partial charge on any atom is -0.375 e. The van der Waals surface area contributed by atoms with Crippen LogP contribution in [-0.4, -0.2) is 63.0 Å². The number of carbonyl (C=O) groups excluding carboxylic acids is 2. The molecule has 1 aromatic carbocycles. The molecule has 6 heteroatoms. The number of carbonyl (C=O) groups is 2. The van der Waals surface area contributed by atoms with Crippen LogP contribution < -0.4 is 15.5 Å². The van der Waals surface area contributed by atoms with E-state index in [2.05, 4.69) is 27.4 Å². The standard InChI is InChI=1S/C18H28N4O2/c1-4-21(3)16-7-5-14(6-8-16)18(24)20-15-9-11-22(12-10-15)13-17(23)19-2/h5-8,15H,4,9-13H2,1-3H3,(H,19,23)(H,20,24). The molecule has 2 rings (SSSR count). The molecule has 0 radical (unpaired) electrons. The van der Waals surface area contributed by atoms with Crippen molar-refractivity contribution in [3.63, 3.8) is 0 Å². The van der Waals surface area contributed by atoms with Gasteiger partial charge < -0.3 is 15.5 Å². The first kappa shape index (κ1) is 18.3. The van der Waals surface area contributed by atoms with Crippen LogP contribution in [0.25, 0.3) is 0 Å². The Hall–Kier alpha value is -2.08. The third kappa shape index (κ3) is 4.96. The summed E-state index contributed by atoms with van der Waals surface area (Å²) < 4.78 is 0. The Balaban J connectivity index is 1.82. The van der Waals surface area contributed by atoms with Crippen molar-refractivity contribution in [2.75, 3.05) is 45.2 Å². The van der Waals surface area contributed by atoms with E-state index >= 15 is 0 Å². The Morgan fingerprint density at radius 2 is 1.83 bits per heavy atom. The summed E-state index contributed by atoms with van der Waals surface area (Å²) in [6.07, 6.45) is 1.75. The molecule has 0 aliphatic carbocycles. The summed E-state index contributed by atoms with van der Waals surface area (Å²) in [5.74, 6) is 0.0140. The fraction of sp³-hybridized carbons (Fsp3) is 0.556. The number of nitrogens with one attached hydrogen (secondary N) is 2. The summed E-state index contributed by atoms with van der Waals surface area (Å²) in [4.78, 5) is 28.0. The van der Waals surface area contributed by atoms with Crippen molar-refractivity contribution >= 4 is 17.5 Å². The molecular formula is C18H28N4O2. The quantitative estimate of drug-likeness (QED) is 0.818. The van der Waals surface area contributed by atoms with Crippen LogP contribution in [0, 0.1) is 0 Å². The summed E-state index contributed by atoms with van der Waals surface area (Å²) in [5.41, 5.74) is 1.80. The van der Waals surface area contributed by atoms with E-state index in [0.29, 0.717) is 12.1 Å². The molecule has 0 saturated carbocycles. The summed E-state index contributed by atoms with van der Waals surface area (Å²) in [5, 5.41) is 5.75. The monoisotopic (exact) mass is 332 g/mol. The smallest absolute Gasteiger partial charge is 0.251 e. The second-order valence-corrected chi connectivity index (χ2v) is 6.26. The van der Waals surface area contributed by atoms with Gasteiger partial charge in [0.1, 0.15) is 0 Å². The lowest BCUT2D eigenvalue weighted by molar-refractivity contribution is -0.122. The molecule has 1 saturated heterocycles. The molecule has 132 valence electrons. The van der Waals surface area contributed by atoms with Crippen molar-refractivity contribution < 1.29 is 9.59 Å². The van der Waals surface area contributed by atoms with Crippen LogP contribution in [0.1, 0.15) is 30.1 Å². The number of rotatable bonds is 6. The topological polar surface area (TPSA) is 64.7 Å². The molecule has 2 amide bonds. The summed E-state index contributed by atoms with van der Waals surface area (Å²) in [7, 11) is 3.68. The average Bonchev–Trinajstić information content (AvgIpc) is 2.62. The van der Waals surface area contributed by atoms with Crippen molar-refractivity contribution in [3.8, 4) is 0 Å².